The summed E-state index contributed by atoms with van der Waals surface area (Å²) in [5.74, 6) is 0.353. The maximum Gasteiger partial charge on any atom is 0.120 e. The van der Waals surface area contributed by atoms with Crippen LogP contribution in [0.5, 0.6) is 5.75 Å². The molecule has 1 saturated heterocycles. The molecule has 0 amide bonds. The maximum atomic E-state index is 9.84. The second-order valence-electron chi connectivity index (χ2n) is 4.94. The molecule has 1 aliphatic rings. The molecule has 3 heteroatoms. The van der Waals surface area contributed by atoms with Crippen LogP contribution in [0.2, 0.25) is 5.02 Å². The van der Waals surface area contributed by atoms with Crippen LogP contribution in [0.4, 0.5) is 0 Å². The van der Waals surface area contributed by atoms with Gasteiger partial charge in [-0.05, 0) is 44.5 Å². The van der Waals surface area contributed by atoms with E-state index in [0.29, 0.717) is 16.8 Å². The van der Waals surface area contributed by atoms with E-state index >= 15 is 0 Å². The number of aromatic hydroxyl groups is 1. The summed E-state index contributed by atoms with van der Waals surface area (Å²) < 4.78 is 0. The lowest BCUT2D eigenvalue weighted by Gasteiger charge is -2.27. The molecule has 1 unspecified atom stereocenters. The molecule has 0 saturated carbocycles. The van der Waals surface area contributed by atoms with E-state index in [1.165, 1.54) is 25.7 Å². The highest BCUT2D eigenvalue weighted by atomic mass is 35.5. The quantitative estimate of drug-likeness (QED) is 0.866. The van der Waals surface area contributed by atoms with Crippen LogP contribution in [0.15, 0.2) is 18.2 Å². The molecule has 0 aliphatic carbocycles. The van der Waals surface area contributed by atoms with E-state index < -0.39 is 0 Å². The molecule has 1 aromatic carbocycles. The predicted octanol–water partition coefficient (Wildman–Crippen LogP) is 3.81. The van der Waals surface area contributed by atoms with E-state index in [1.807, 2.05) is 6.07 Å². The largest absolute Gasteiger partial charge is 0.508 e. The zero-order chi connectivity index (χ0) is 12.3. The molecule has 0 bridgehead atoms. The molecule has 1 atom stereocenters. The lowest BCUT2D eigenvalue weighted by atomic mass is 10.1. The van der Waals surface area contributed by atoms with Gasteiger partial charge in [-0.15, -0.1) is 0 Å². The molecule has 1 N–H and O–H groups in total. The molecule has 1 heterocycles. The van der Waals surface area contributed by atoms with Gasteiger partial charge in [0.25, 0.3) is 0 Å². The number of phenolic OH excluding ortho intramolecular Hbond substituents is 1. The lowest BCUT2D eigenvalue weighted by molar-refractivity contribution is 0.202. The number of hydrogen-bond acceptors (Lipinski definition) is 2. The first-order valence-electron chi connectivity index (χ1n) is 6.38. The van der Waals surface area contributed by atoms with Crippen LogP contribution in [0.25, 0.3) is 0 Å². The van der Waals surface area contributed by atoms with E-state index in [0.717, 1.165) is 18.7 Å². The zero-order valence-electron chi connectivity index (χ0n) is 10.3. The van der Waals surface area contributed by atoms with Crippen LogP contribution in [-0.2, 0) is 6.54 Å². The Kier molecular flexibility index (Phi) is 4.30. The van der Waals surface area contributed by atoms with Gasteiger partial charge in [0.15, 0.2) is 0 Å². The minimum atomic E-state index is 0.353. The number of phenols is 1. The summed E-state index contributed by atoms with van der Waals surface area (Å²) in [4.78, 5) is 2.44. The topological polar surface area (TPSA) is 23.5 Å². The fourth-order valence-corrected chi connectivity index (χ4v) is 2.66. The van der Waals surface area contributed by atoms with Crippen molar-refractivity contribution in [2.75, 3.05) is 6.54 Å². The van der Waals surface area contributed by atoms with Crippen molar-refractivity contribution in [2.45, 2.75) is 45.2 Å². The summed E-state index contributed by atoms with van der Waals surface area (Å²) in [7, 11) is 0. The first-order chi connectivity index (χ1) is 8.16. The van der Waals surface area contributed by atoms with Crippen molar-refractivity contribution < 1.29 is 5.11 Å². The van der Waals surface area contributed by atoms with Crippen molar-refractivity contribution in [3.63, 3.8) is 0 Å². The normalized spacial score (nSPS) is 22.4. The monoisotopic (exact) mass is 253 g/mol. The summed E-state index contributed by atoms with van der Waals surface area (Å²) in [5, 5.41) is 10.5. The molecular formula is C14H20ClNO. The second-order valence-corrected chi connectivity index (χ2v) is 5.38. The third kappa shape index (κ3) is 3.36. The van der Waals surface area contributed by atoms with Gasteiger partial charge in [0, 0.05) is 23.2 Å². The minimum Gasteiger partial charge on any atom is -0.508 e. The molecule has 2 nitrogen and oxygen atoms in total. The van der Waals surface area contributed by atoms with Crippen molar-refractivity contribution in [3.8, 4) is 5.75 Å². The molecule has 1 aromatic rings. The van der Waals surface area contributed by atoms with Crippen LogP contribution in [0.1, 0.15) is 38.2 Å². The maximum absolute atomic E-state index is 9.84. The van der Waals surface area contributed by atoms with E-state index in [9.17, 15) is 5.11 Å². The standard InChI is InChI=1S/C14H20ClNO/c1-11-5-3-2-4-8-16(11)10-12-9-13(15)6-7-14(12)17/h6-7,9,11,17H,2-5,8,10H2,1H3. The summed E-state index contributed by atoms with van der Waals surface area (Å²) in [6.07, 6.45) is 5.15. The van der Waals surface area contributed by atoms with Gasteiger partial charge in [-0.3, -0.25) is 4.90 Å². The number of rotatable bonds is 2. The van der Waals surface area contributed by atoms with E-state index in [-0.39, 0.29) is 0 Å². The smallest absolute Gasteiger partial charge is 0.120 e. The van der Waals surface area contributed by atoms with Gasteiger partial charge in [-0.2, -0.15) is 0 Å². The summed E-state index contributed by atoms with van der Waals surface area (Å²) in [5.41, 5.74) is 0.936. The summed E-state index contributed by atoms with van der Waals surface area (Å²) in [6.45, 7) is 4.19. The first kappa shape index (κ1) is 12.7. The van der Waals surface area contributed by atoms with E-state index in [1.54, 1.807) is 12.1 Å². The van der Waals surface area contributed by atoms with Crippen LogP contribution in [0.3, 0.4) is 0 Å². The van der Waals surface area contributed by atoms with Crippen molar-refractivity contribution in [2.24, 2.45) is 0 Å². The number of halogens is 1. The molecule has 1 aliphatic heterocycles. The van der Waals surface area contributed by atoms with E-state index in [4.69, 9.17) is 11.6 Å². The third-order valence-corrected chi connectivity index (χ3v) is 3.84. The molecule has 2 rings (SSSR count). The van der Waals surface area contributed by atoms with Crippen LogP contribution in [-0.4, -0.2) is 22.6 Å². The highest BCUT2D eigenvalue weighted by Gasteiger charge is 2.18. The Morgan fingerprint density at radius 2 is 2.18 bits per heavy atom. The van der Waals surface area contributed by atoms with Gasteiger partial charge >= 0.3 is 0 Å². The zero-order valence-corrected chi connectivity index (χ0v) is 11.1. The third-order valence-electron chi connectivity index (χ3n) is 3.61. The van der Waals surface area contributed by atoms with Gasteiger partial charge in [-0.25, -0.2) is 0 Å². The highest BCUT2D eigenvalue weighted by molar-refractivity contribution is 6.30. The molecule has 0 aromatic heterocycles. The summed E-state index contributed by atoms with van der Waals surface area (Å²) >= 11 is 5.97. The van der Waals surface area contributed by atoms with Crippen LogP contribution in [0, 0.1) is 0 Å². The Hall–Kier alpha value is -0.730. The van der Waals surface area contributed by atoms with Crippen molar-refractivity contribution >= 4 is 11.6 Å². The van der Waals surface area contributed by atoms with Crippen molar-refractivity contribution in [3.05, 3.63) is 28.8 Å². The summed E-state index contributed by atoms with van der Waals surface area (Å²) in [6, 6.07) is 5.87. The first-order valence-corrected chi connectivity index (χ1v) is 6.76. The average Bonchev–Trinajstić information content (AvgIpc) is 2.50. The molecule has 0 radical (unpaired) electrons. The Labute approximate surface area is 108 Å². The lowest BCUT2D eigenvalue weighted by Crippen LogP contribution is -2.31. The highest BCUT2D eigenvalue weighted by Crippen LogP contribution is 2.25. The number of hydrogen-bond donors (Lipinski definition) is 1. The predicted molar refractivity (Wildman–Crippen MR) is 71.5 cm³/mol. The van der Waals surface area contributed by atoms with Gasteiger partial charge in [0.2, 0.25) is 0 Å². The van der Waals surface area contributed by atoms with Crippen LogP contribution < -0.4 is 0 Å². The molecule has 94 valence electrons. The number of likely N-dealkylation sites (tertiary alicyclic amines) is 1. The van der Waals surface area contributed by atoms with Gasteiger partial charge in [0.05, 0.1) is 0 Å². The van der Waals surface area contributed by atoms with Gasteiger partial charge < -0.3 is 5.11 Å². The minimum absolute atomic E-state index is 0.353. The Bertz CT molecular complexity index is 380. The second kappa shape index (κ2) is 5.74. The van der Waals surface area contributed by atoms with Crippen molar-refractivity contribution in [1.29, 1.82) is 0 Å². The van der Waals surface area contributed by atoms with Crippen molar-refractivity contribution in [1.82, 2.24) is 4.90 Å². The molecule has 0 spiro atoms. The Morgan fingerprint density at radius 3 is 3.00 bits per heavy atom. The van der Waals surface area contributed by atoms with Gasteiger partial charge in [-0.1, -0.05) is 24.4 Å². The Morgan fingerprint density at radius 1 is 1.35 bits per heavy atom. The fraction of sp³-hybridized carbons (Fsp3) is 0.571. The fourth-order valence-electron chi connectivity index (χ4n) is 2.47. The Balaban J connectivity index is 2.10. The van der Waals surface area contributed by atoms with Gasteiger partial charge in [0.1, 0.15) is 5.75 Å². The van der Waals surface area contributed by atoms with Crippen LogP contribution >= 0.6 is 11.6 Å². The molecular weight excluding hydrogens is 234 g/mol. The molecule has 1 fully saturated rings. The number of benzene rings is 1. The molecule has 17 heavy (non-hydrogen) atoms. The number of nitrogens with zero attached hydrogens (tertiary/aromatic N) is 1. The van der Waals surface area contributed by atoms with E-state index in [2.05, 4.69) is 11.8 Å². The SMILES string of the molecule is CC1CCCCCN1Cc1cc(Cl)ccc1O. The average molecular weight is 254 g/mol.